The van der Waals surface area contributed by atoms with Crippen LogP contribution in [0.4, 0.5) is 0 Å². The molecule has 0 bridgehead atoms. The van der Waals surface area contributed by atoms with Crippen LogP contribution in [0.5, 0.6) is 0 Å². The first-order valence-corrected chi connectivity index (χ1v) is 5.77. The largest absolute Gasteiger partial charge is 0.379 e. The topological polar surface area (TPSA) is 44.5 Å². The fourth-order valence-electron chi connectivity index (χ4n) is 1.14. The summed E-state index contributed by atoms with van der Waals surface area (Å²) in [5.41, 5.74) is 5.33. The van der Waals surface area contributed by atoms with Gasteiger partial charge in [-0.05, 0) is 19.4 Å². The lowest BCUT2D eigenvalue weighted by Gasteiger charge is -2.04. The van der Waals surface area contributed by atoms with E-state index < -0.39 is 0 Å². The molecule has 2 N–H and O–H groups in total. The van der Waals surface area contributed by atoms with Crippen molar-refractivity contribution in [3.63, 3.8) is 0 Å². The normalized spacial score (nSPS) is 10.7. The molecule has 0 heterocycles. The Morgan fingerprint density at radius 1 is 0.786 bits per heavy atom. The molecule has 0 aromatic heterocycles. The average molecular weight is 203 g/mol. The molecule has 0 aliphatic carbocycles. The standard InChI is InChI=1S/C11H25NO2/c1-2-3-4-5-8-13-10-11-14-9-6-7-12/h2-12H2,1H3. The fourth-order valence-corrected chi connectivity index (χ4v) is 1.14. The zero-order valence-corrected chi connectivity index (χ0v) is 9.46. The Morgan fingerprint density at radius 3 is 2.00 bits per heavy atom. The van der Waals surface area contributed by atoms with E-state index in [2.05, 4.69) is 6.92 Å². The summed E-state index contributed by atoms with van der Waals surface area (Å²) in [5.74, 6) is 0. The lowest BCUT2D eigenvalue weighted by atomic mass is 10.2. The van der Waals surface area contributed by atoms with Crippen LogP contribution in [0.2, 0.25) is 0 Å². The van der Waals surface area contributed by atoms with E-state index in [9.17, 15) is 0 Å². The molecule has 86 valence electrons. The predicted molar refractivity (Wildman–Crippen MR) is 59.5 cm³/mol. The third-order valence-electron chi connectivity index (χ3n) is 2.01. The van der Waals surface area contributed by atoms with Crippen molar-refractivity contribution >= 4 is 0 Å². The van der Waals surface area contributed by atoms with Gasteiger partial charge in [-0.1, -0.05) is 26.2 Å². The summed E-state index contributed by atoms with van der Waals surface area (Å²) >= 11 is 0. The minimum atomic E-state index is 0.702. The van der Waals surface area contributed by atoms with Gasteiger partial charge in [0.05, 0.1) is 13.2 Å². The Morgan fingerprint density at radius 2 is 1.43 bits per heavy atom. The molecule has 3 heteroatoms. The van der Waals surface area contributed by atoms with E-state index in [0.29, 0.717) is 13.2 Å². The van der Waals surface area contributed by atoms with Crippen LogP contribution in [0.25, 0.3) is 0 Å². The van der Waals surface area contributed by atoms with Crippen molar-refractivity contribution < 1.29 is 9.47 Å². The summed E-state index contributed by atoms with van der Waals surface area (Å²) in [7, 11) is 0. The minimum Gasteiger partial charge on any atom is -0.379 e. The molecule has 0 saturated carbocycles. The van der Waals surface area contributed by atoms with Gasteiger partial charge in [0, 0.05) is 13.2 Å². The van der Waals surface area contributed by atoms with Gasteiger partial charge < -0.3 is 15.2 Å². The van der Waals surface area contributed by atoms with Gasteiger partial charge in [-0.3, -0.25) is 0 Å². The number of unbranched alkanes of at least 4 members (excludes halogenated alkanes) is 3. The maximum Gasteiger partial charge on any atom is 0.0700 e. The molecule has 0 aliphatic heterocycles. The number of hydrogen-bond acceptors (Lipinski definition) is 3. The van der Waals surface area contributed by atoms with Crippen molar-refractivity contribution in [1.82, 2.24) is 0 Å². The molecule has 0 radical (unpaired) electrons. The van der Waals surface area contributed by atoms with Gasteiger partial charge in [-0.2, -0.15) is 0 Å². The zero-order chi connectivity index (χ0) is 10.5. The van der Waals surface area contributed by atoms with Crippen molar-refractivity contribution in [2.24, 2.45) is 5.73 Å². The Balaban J connectivity index is 2.78. The molecule has 0 aromatic carbocycles. The molecule has 0 aromatic rings. The molecule has 0 aliphatic rings. The third kappa shape index (κ3) is 11.9. The van der Waals surface area contributed by atoms with Crippen LogP contribution >= 0.6 is 0 Å². The lowest BCUT2D eigenvalue weighted by molar-refractivity contribution is 0.0460. The average Bonchev–Trinajstić information content (AvgIpc) is 2.21. The van der Waals surface area contributed by atoms with Crippen LogP contribution in [-0.4, -0.2) is 33.0 Å². The zero-order valence-electron chi connectivity index (χ0n) is 9.46. The van der Waals surface area contributed by atoms with Gasteiger partial charge in [0.25, 0.3) is 0 Å². The number of nitrogens with two attached hydrogens (primary N) is 1. The highest BCUT2D eigenvalue weighted by Crippen LogP contribution is 1.98. The van der Waals surface area contributed by atoms with Crippen LogP contribution in [0, 0.1) is 0 Å². The third-order valence-corrected chi connectivity index (χ3v) is 2.01. The van der Waals surface area contributed by atoms with E-state index in [1.165, 1.54) is 25.7 Å². The van der Waals surface area contributed by atoms with Crippen LogP contribution < -0.4 is 5.73 Å². The van der Waals surface area contributed by atoms with Gasteiger partial charge in [0.2, 0.25) is 0 Å². The van der Waals surface area contributed by atoms with Crippen molar-refractivity contribution in [1.29, 1.82) is 0 Å². The second-order valence-electron chi connectivity index (χ2n) is 3.43. The van der Waals surface area contributed by atoms with Crippen LogP contribution in [-0.2, 0) is 9.47 Å². The van der Waals surface area contributed by atoms with E-state index >= 15 is 0 Å². The molecule has 0 spiro atoms. The summed E-state index contributed by atoms with van der Waals surface area (Å²) in [5, 5.41) is 0. The van der Waals surface area contributed by atoms with E-state index in [4.69, 9.17) is 15.2 Å². The van der Waals surface area contributed by atoms with Crippen molar-refractivity contribution in [2.75, 3.05) is 33.0 Å². The predicted octanol–water partition coefficient (Wildman–Crippen LogP) is 1.95. The number of hydrogen-bond donors (Lipinski definition) is 1. The summed E-state index contributed by atoms with van der Waals surface area (Å²) in [6.45, 7) is 5.98. The summed E-state index contributed by atoms with van der Waals surface area (Å²) in [6.07, 6.45) is 6.00. The Bertz CT molecular complexity index is 87.3. The van der Waals surface area contributed by atoms with Gasteiger partial charge >= 0.3 is 0 Å². The van der Waals surface area contributed by atoms with Crippen molar-refractivity contribution in [2.45, 2.75) is 39.0 Å². The maximum atomic E-state index is 5.40. The fraction of sp³-hybridized carbons (Fsp3) is 1.00. The molecular formula is C11H25NO2. The van der Waals surface area contributed by atoms with Gasteiger partial charge in [0.15, 0.2) is 0 Å². The highest BCUT2D eigenvalue weighted by atomic mass is 16.5. The van der Waals surface area contributed by atoms with Gasteiger partial charge in [-0.25, -0.2) is 0 Å². The Hall–Kier alpha value is -0.120. The minimum absolute atomic E-state index is 0.702. The molecule has 0 rings (SSSR count). The molecule has 0 atom stereocenters. The first kappa shape index (κ1) is 13.9. The highest BCUT2D eigenvalue weighted by Gasteiger charge is 1.90. The molecule has 3 nitrogen and oxygen atoms in total. The van der Waals surface area contributed by atoms with Crippen LogP contribution in [0.3, 0.4) is 0 Å². The molecule has 0 amide bonds. The smallest absolute Gasteiger partial charge is 0.0700 e. The maximum absolute atomic E-state index is 5.40. The van der Waals surface area contributed by atoms with Crippen molar-refractivity contribution in [3.8, 4) is 0 Å². The highest BCUT2D eigenvalue weighted by molar-refractivity contribution is 4.40. The first-order chi connectivity index (χ1) is 6.91. The molecule has 0 fully saturated rings. The lowest BCUT2D eigenvalue weighted by Crippen LogP contribution is -2.09. The Labute approximate surface area is 88.0 Å². The van der Waals surface area contributed by atoms with E-state index in [1.807, 2.05) is 0 Å². The van der Waals surface area contributed by atoms with E-state index in [0.717, 1.165) is 26.2 Å². The summed E-state index contributed by atoms with van der Waals surface area (Å²) < 4.78 is 10.7. The molecule has 0 saturated heterocycles. The summed E-state index contributed by atoms with van der Waals surface area (Å²) in [4.78, 5) is 0. The number of rotatable bonds is 11. The second kappa shape index (κ2) is 12.9. The quantitative estimate of drug-likeness (QED) is 0.522. The van der Waals surface area contributed by atoms with E-state index in [1.54, 1.807) is 0 Å². The molecule has 14 heavy (non-hydrogen) atoms. The summed E-state index contributed by atoms with van der Waals surface area (Å²) in [6, 6.07) is 0. The number of ether oxygens (including phenoxy) is 2. The van der Waals surface area contributed by atoms with E-state index in [-0.39, 0.29) is 0 Å². The molecule has 0 unspecified atom stereocenters. The second-order valence-corrected chi connectivity index (χ2v) is 3.43. The van der Waals surface area contributed by atoms with Gasteiger partial charge in [-0.15, -0.1) is 0 Å². The Kier molecular flexibility index (Phi) is 12.8. The monoisotopic (exact) mass is 203 g/mol. The SMILES string of the molecule is CCCCCCOCCOCCCN. The first-order valence-electron chi connectivity index (χ1n) is 5.77. The van der Waals surface area contributed by atoms with Crippen LogP contribution in [0.15, 0.2) is 0 Å². The molecular weight excluding hydrogens is 178 g/mol. The van der Waals surface area contributed by atoms with Gasteiger partial charge in [0.1, 0.15) is 0 Å². The van der Waals surface area contributed by atoms with Crippen molar-refractivity contribution in [3.05, 3.63) is 0 Å². The van der Waals surface area contributed by atoms with Crippen LogP contribution in [0.1, 0.15) is 39.0 Å².